The minimum Gasteiger partial charge on any atom is -0.346 e. The molecule has 0 saturated carbocycles. The van der Waals surface area contributed by atoms with Gasteiger partial charge in [0.2, 0.25) is 5.91 Å². The quantitative estimate of drug-likeness (QED) is 0.891. The Kier molecular flexibility index (Phi) is 5.31. The molecule has 0 aliphatic carbocycles. The Labute approximate surface area is 130 Å². The largest absolute Gasteiger partial charge is 0.346 e. The van der Waals surface area contributed by atoms with Gasteiger partial charge in [0, 0.05) is 25.9 Å². The zero-order valence-electron chi connectivity index (χ0n) is 13.2. The van der Waals surface area contributed by atoms with E-state index >= 15 is 0 Å². The molecule has 22 heavy (non-hydrogen) atoms. The SMILES string of the molecule is CC(CC(=O)NC(C)c1nccn1C)Cc1cccc(F)c1. The van der Waals surface area contributed by atoms with Crippen LogP contribution in [0.25, 0.3) is 0 Å². The third kappa shape index (κ3) is 4.41. The van der Waals surface area contributed by atoms with Crippen molar-refractivity contribution in [2.45, 2.75) is 32.7 Å². The van der Waals surface area contributed by atoms with Crippen LogP contribution in [0.2, 0.25) is 0 Å². The van der Waals surface area contributed by atoms with Crippen molar-refractivity contribution >= 4 is 5.91 Å². The average molecular weight is 303 g/mol. The molecule has 1 aromatic heterocycles. The summed E-state index contributed by atoms with van der Waals surface area (Å²) >= 11 is 0. The van der Waals surface area contributed by atoms with E-state index in [9.17, 15) is 9.18 Å². The van der Waals surface area contributed by atoms with Gasteiger partial charge in [-0.2, -0.15) is 0 Å². The van der Waals surface area contributed by atoms with E-state index in [2.05, 4.69) is 10.3 Å². The molecule has 2 unspecified atom stereocenters. The van der Waals surface area contributed by atoms with Crippen LogP contribution in [0, 0.1) is 11.7 Å². The highest BCUT2D eigenvalue weighted by Crippen LogP contribution is 2.14. The molecule has 2 rings (SSSR count). The summed E-state index contributed by atoms with van der Waals surface area (Å²) in [5, 5.41) is 2.95. The van der Waals surface area contributed by atoms with E-state index in [1.54, 1.807) is 12.3 Å². The van der Waals surface area contributed by atoms with Gasteiger partial charge in [0.1, 0.15) is 11.6 Å². The fourth-order valence-electron chi connectivity index (χ4n) is 2.61. The van der Waals surface area contributed by atoms with Gasteiger partial charge in [-0.25, -0.2) is 9.37 Å². The normalized spacial score (nSPS) is 13.6. The maximum atomic E-state index is 13.2. The van der Waals surface area contributed by atoms with Crippen LogP contribution in [0.4, 0.5) is 4.39 Å². The fourth-order valence-corrected chi connectivity index (χ4v) is 2.61. The highest BCUT2D eigenvalue weighted by Gasteiger charge is 2.15. The van der Waals surface area contributed by atoms with Crippen molar-refractivity contribution in [1.82, 2.24) is 14.9 Å². The van der Waals surface area contributed by atoms with Crippen LogP contribution in [0.3, 0.4) is 0 Å². The minimum absolute atomic E-state index is 0.0144. The van der Waals surface area contributed by atoms with Gasteiger partial charge in [0.05, 0.1) is 6.04 Å². The van der Waals surface area contributed by atoms with Crippen molar-refractivity contribution in [3.05, 3.63) is 53.9 Å². The first kappa shape index (κ1) is 16.2. The van der Waals surface area contributed by atoms with Gasteiger partial charge in [-0.05, 0) is 37.0 Å². The highest BCUT2D eigenvalue weighted by atomic mass is 19.1. The standard InChI is InChI=1S/C17H22FN3O/c1-12(9-14-5-4-6-15(18)11-14)10-16(22)20-13(2)17-19-7-8-21(17)3/h4-8,11-13H,9-10H2,1-3H3,(H,20,22). The molecule has 0 bridgehead atoms. The van der Waals surface area contributed by atoms with E-state index in [0.717, 1.165) is 11.4 Å². The molecule has 1 heterocycles. The van der Waals surface area contributed by atoms with Crippen molar-refractivity contribution in [1.29, 1.82) is 0 Å². The van der Waals surface area contributed by atoms with Gasteiger partial charge in [-0.15, -0.1) is 0 Å². The number of carbonyl (C=O) groups is 1. The summed E-state index contributed by atoms with van der Waals surface area (Å²) in [6.45, 7) is 3.91. The lowest BCUT2D eigenvalue weighted by molar-refractivity contribution is -0.122. The second-order valence-corrected chi connectivity index (χ2v) is 5.83. The summed E-state index contributed by atoms with van der Waals surface area (Å²) < 4.78 is 15.0. The van der Waals surface area contributed by atoms with Gasteiger partial charge >= 0.3 is 0 Å². The molecule has 1 aromatic carbocycles. The molecule has 1 amide bonds. The Balaban J connectivity index is 1.85. The van der Waals surface area contributed by atoms with Gasteiger partial charge in [0.25, 0.3) is 0 Å². The monoisotopic (exact) mass is 303 g/mol. The summed E-state index contributed by atoms with van der Waals surface area (Å²) in [7, 11) is 1.90. The summed E-state index contributed by atoms with van der Waals surface area (Å²) in [4.78, 5) is 16.3. The Bertz CT molecular complexity index is 638. The van der Waals surface area contributed by atoms with Crippen molar-refractivity contribution in [3.63, 3.8) is 0 Å². The van der Waals surface area contributed by atoms with Gasteiger partial charge in [0.15, 0.2) is 0 Å². The molecule has 5 heteroatoms. The maximum absolute atomic E-state index is 13.2. The molecule has 0 fully saturated rings. The van der Waals surface area contributed by atoms with Crippen molar-refractivity contribution < 1.29 is 9.18 Å². The molecule has 0 aliphatic heterocycles. The number of imidazole rings is 1. The van der Waals surface area contributed by atoms with Gasteiger partial charge in [-0.1, -0.05) is 19.1 Å². The number of aromatic nitrogens is 2. The van der Waals surface area contributed by atoms with Gasteiger partial charge in [-0.3, -0.25) is 4.79 Å². The third-order valence-electron chi connectivity index (χ3n) is 3.63. The van der Waals surface area contributed by atoms with Crippen molar-refractivity contribution in [2.24, 2.45) is 13.0 Å². The molecule has 0 spiro atoms. The van der Waals surface area contributed by atoms with E-state index in [1.807, 2.05) is 37.7 Å². The molecule has 118 valence electrons. The van der Waals surface area contributed by atoms with Crippen molar-refractivity contribution in [3.8, 4) is 0 Å². The number of benzene rings is 1. The number of aryl methyl sites for hydroxylation is 1. The van der Waals surface area contributed by atoms with Crippen LogP contribution in [0.5, 0.6) is 0 Å². The first-order valence-electron chi connectivity index (χ1n) is 7.46. The van der Waals surface area contributed by atoms with Gasteiger partial charge < -0.3 is 9.88 Å². The predicted molar refractivity (Wildman–Crippen MR) is 83.7 cm³/mol. The zero-order chi connectivity index (χ0) is 16.1. The lowest BCUT2D eigenvalue weighted by atomic mass is 9.97. The van der Waals surface area contributed by atoms with E-state index in [4.69, 9.17) is 0 Å². The molecule has 0 aliphatic rings. The molecule has 2 aromatic rings. The second-order valence-electron chi connectivity index (χ2n) is 5.83. The first-order chi connectivity index (χ1) is 10.5. The topological polar surface area (TPSA) is 46.9 Å². The second kappa shape index (κ2) is 7.20. The number of halogens is 1. The third-order valence-corrected chi connectivity index (χ3v) is 3.63. The van der Waals surface area contributed by atoms with Crippen molar-refractivity contribution in [2.75, 3.05) is 0 Å². The lowest BCUT2D eigenvalue weighted by Crippen LogP contribution is -2.29. The number of amides is 1. The summed E-state index contributed by atoms with van der Waals surface area (Å²) in [6.07, 6.45) is 4.66. The molecule has 1 N–H and O–H groups in total. The number of carbonyl (C=O) groups excluding carboxylic acids is 1. The Morgan fingerprint density at radius 3 is 2.82 bits per heavy atom. The van der Waals surface area contributed by atoms with E-state index in [-0.39, 0.29) is 23.7 Å². The molecular weight excluding hydrogens is 281 g/mol. The highest BCUT2D eigenvalue weighted by molar-refractivity contribution is 5.76. The number of nitrogens with zero attached hydrogens (tertiary/aromatic N) is 2. The number of hydrogen-bond donors (Lipinski definition) is 1. The molecule has 4 nitrogen and oxygen atoms in total. The Morgan fingerprint density at radius 1 is 1.41 bits per heavy atom. The summed E-state index contributed by atoms with van der Waals surface area (Å²) in [5.41, 5.74) is 0.914. The van der Waals surface area contributed by atoms with E-state index in [1.165, 1.54) is 12.1 Å². The smallest absolute Gasteiger partial charge is 0.220 e. The molecule has 2 atom stereocenters. The van der Waals surface area contributed by atoms with Crippen LogP contribution in [0.1, 0.15) is 37.7 Å². The Morgan fingerprint density at radius 2 is 2.18 bits per heavy atom. The average Bonchev–Trinajstić information content (AvgIpc) is 2.84. The summed E-state index contributed by atoms with van der Waals surface area (Å²) in [6, 6.07) is 6.39. The molecule has 0 saturated heterocycles. The lowest BCUT2D eigenvalue weighted by Gasteiger charge is -2.16. The van der Waals surface area contributed by atoms with Crippen LogP contribution in [0.15, 0.2) is 36.7 Å². The molecular formula is C17H22FN3O. The number of hydrogen-bond acceptors (Lipinski definition) is 2. The van der Waals surface area contributed by atoms with E-state index in [0.29, 0.717) is 12.8 Å². The molecule has 0 radical (unpaired) electrons. The van der Waals surface area contributed by atoms with Crippen LogP contribution in [-0.4, -0.2) is 15.5 Å². The summed E-state index contributed by atoms with van der Waals surface area (Å²) in [5.74, 6) is 0.721. The predicted octanol–water partition coefficient (Wildman–Crippen LogP) is 3.01. The van der Waals surface area contributed by atoms with Crippen LogP contribution in [-0.2, 0) is 18.3 Å². The van der Waals surface area contributed by atoms with E-state index < -0.39 is 0 Å². The maximum Gasteiger partial charge on any atom is 0.220 e. The zero-order valence-corrected chi connectivity index (χ0v) is 13.2. The van der Waals surface area contributed by atoms with Crippen LogP contribution >= 0.6 is 0 Å². The first-order valence-corrected chi connectivity index (χ1v) is 7.46. The van der Waals surface area contributed by atoms with Crippen LogP contribution < -0.4 is 5.32 Å². The minimum atomic E-state index is -0.238. The number of rotatable bonds is 6. The fraction of sp³-hybridized carbons (Fsp3) is 0.412. The Hall–Kier alpha value is -2.17. The number of nitrogens with one attached hydrogen (secondary N) is 1.